The number of imidazole rings is 1. The standard InChI is InChI=1S/C23H20N4O2S/c1-15-2-8-19(9-3-15)27-13-17(12-21(27)28)22(29)24-18-6-4-16(5-7-18)20-14-26-10-11-30-23(26)25-20/h2-11,14,17H,12-13H2,1H3,(H,24,29). The highest BCUT2D eigenvalue weighted by Crippen LogP contribution is 2.27. The molecule has 1 atom stereocenters. The normalized spacial score (nSPS) is 16.4. The highest BCUT2D eigenvalue weighted by molar-refractivity contribution is 7.15. The third kappa shape index (κ3) is 3.48. The number of nitrogens with one attached hydrogen (secondary N) is 1. The number of benzene rings is 2. The Morgan fingerprint density at radius 3 is 2.63 bits per heavy atom. The fraction of sp³-hybridized carbons (Fsp3) is 0.174. The van der Waals surface area contributed by atoms with Gasteiger partial charge in [0.2, 0.25) is 11.8 Å². The number of rotatable bonds is 4. The highest BCUT2D eigenvalue weighted by atomic mass is 32.1. The van der Waals surface area contributed by atoms with Gasteiger partial charge < -0.3 is 10.2 Å². The van der Waals surface area contributed by atoms with Gasteiger partial charge in [-0.05, 0) is 31.2 Å². The van der Waals surface area contributed by atoms with Crippen LogP contribution in [0.2, 0.25) is 0 Å². The molecule has 4 aromatic rings. The molecule has 30 heavy (non-hydrogen) atoms. The van der Waals surface area contributed by atoms with Crippen LogP contribution in [0.15, 0.2) is 66.3 Å². The van der Waals surface area contributed by atoms with Crippen molar-refractivity contribution in [1.82, 2.24) is 9.38 Å². The zero-order valence-electron chi connectivity index (χ0n) is 16.4. The van der Waals surface area contributed by atoms with Crippen molar-refractivity contribution >= 4 is 39.5 Å². The van der Waals surface area contributed by atoms with Crippen LogP contribution in [0.4, 0.5) is 11.4 Å². The molecule has 1 aliphatic rings. The maximum atomic E-state index is 12.7. The Morgan fingerprint density at radius 2 is 1.90 bits per heavy atom. The molecule has 1 unspecified atom stereocenters. The van der Waals surface area contributed by atoms with Gasteiger partial charge in [-0.1, -0.05) is 29.8 Å². The summed E-state index contributed by atoms with van der Waals surface area (Å²) in [6.45, 7) is 2.41. The Bertz CT molecular complexity index is 1200. The molecule has 150 valence electrons. The van der Waals surface area contributed by atoms with E-state index < -0.39 is 0 Å². The molecule has 1 saturated heterocycles. The van der Waals surface area contributed by atoms with Crippen LogP contribution in [-0.4, -0.2) is 27.7 Å². The predicted octanol–water partition coefficient (Wildman–Crippen LogP) is 4.36. The van der Waals surface area contributed by atoms with Crippen molar-refractivity contribution in [3.63, 3.8) is 0 Å². The SMILES string of the molecule is Cc1ccc(N2CC(C(=O)Nc3ccc(-c4cn5ccsc5n4)cc3)CC2=O)cc1. The lowest BCUT2D eigenvalue weighted by Crippen LogP contribution is -2.28. The molecule has 3 heterocycles. The van der Waals surface area contributed by atoms with Crippen molar-refractivity contribution in [3.8, 4) is 11.3 Å². The van der Waals surface area contributed by atoms with Crippen LogP contribution in [0.25, 0.3) is 16.2 Å². The van der Waals surface area contributed by atoms with Crippen LogP contribution in [0.5, 0.6) is 0 Å². The maximum absolute atomic E-state index is 12.7. The van der Waals surface area contributed by atoms with E-state index in [1.807, 2.05) is 77.6 Å². The quantitative estimate of drug-likeness (QED) is 0.537. The monoisotopic (exact) mass is 416 g/mol. The van der Waals surface area contributed by atoms with Gasteiger partial charge in [0.1, 0.15) is 0 Å². The van der Waals surface area contributed by atoms with Crippen LogP contribution in [0, 0.1) is 12.8 Å². The summed E-state index contributed by atoms with van der Waals surface area (Å²) in [7, 11) is 0. The number of anilines is 2. The van der Waals surface area contributed by atoms with Crippen molar-refractivity contribution in [1.29, 1.82) is 0 Å². The van der Waals surface area contributed by atoms with E-state index in [-0.39, 0.29) is 24.2 Å². The summed E-state index contributed by atoms with van der Waals surface area (Å²) >= 11 is 1.59. The van der Waals surface area contributed by atoms with Gasteiger partial charge in [0, 0.05) is 47.7 Å². The number of hydrogen-bond donors (Lipinski definition) is 1. The molecule has 6 nitrogen and oxygen atoms in total. The second-order valence-corrected chi connectivity index (χ2v) is 8.40. The first-order valence-corrected chi connectivity index (χ1v) is 10.7. The van der Waals surface area contributed by atoms with Crippen molar-refractivity contribution in [2.75, 3.05) is 16.8 Å². The van der Waals surface area contributed by atoms with E-state index in [0.717, 1.165) is 27.5 Å². The molecule has 5 rings (SSSR count). The minimum absolute atomic E-state index is 0.0194. The first-order chi connectivity index (χ1) is 14.6. The Labute approximate surface area is 177 Å². The third-order valence-electron chi connectivity index (χ3n) is 5.38. The molecule has 1 aliphatic heterocycles. The van der Waals surface area contributed by atoms with Gasteiger partial charge in [0.25, 0.3) is 0 Å². The fourth-order valence-corrected chi connectivity index (χ4v) is 4.39. The number of carbonyl (C=O) groups excluding carboxylic acids is 2. The number of aryl methyl sites for hydroxylation is 1. The summed E-state index contributed by atoms with van der Waals surface area (Å²) in [5.74, 6) is -0.513. The fourth-order valence-electron chi connectivity index (χ4n) is 3.69. The maximum Gasteiger partial charge on any atom is 0.229 e. The van der Waals surface area contributed by atoms with Gasteiger partial charge >= 0.3 is 0 Å². The number of thiazole rings is 1. The van der Waals surface area contributed by atoms with Crippen LogP contribution in [0.3, 0.4) is 0 Å². The molecule has 0 spiro atoms. The van der Waals surface area contributed by atoms with Crippen LogP contribution in [-0.2, 0) is 9.59 Å². The molecule has 1 N–H and O–H groups in total. The average molecular weight is 417 g/mol. The zero-order valence-corrected chi connectivity index (χ0v) is 17.2. The second kappa shape index (κ2) is 7.42. The van der Waals surface area contributed by atoms with E-state index in [4.69, 9.17) is 0 Å². The summed E-state index contributed by atoms with van der Waals surface area (Å²) < 4.78 is 1.99. The van der Waals surface area contributed by atoms with Gasteiger partial charge in [0.05, 0.1) is 11.6 Å². The van der Waals surface area contributed by atoms with Gasteiger partial charge in [-0.15, -0.1) is 11.3 Å². The topological polar surface area (TPSA) is 66.7 Å². The van der Waals surface area contributed by atoms with Gasteiger partial charge in [-0.2, -0.15) is 0 Å². The summed E-state index contributed by atoms with van der Waals surface area (Å²) in [6, 6.07) is 15.4. The van der Waals surface area contributed by atoms with Gasteiger partial charge in [0.15, 0.2) is 4.96 Å². The van der Waals surface area contributed by atoms with Gasteiger partial charge in [-0.25, -0.2) is 4.98 Å². The van der Waals surface area contributed by atoms with Crippen LogP contribution in [0.1, 0.15) is 12.0 Å². The van der Waals surface area contributed by atoms with E-state index in [2.05, 4.69) is 10.3 Å². The minimum Gasteiger partial charge on any atom is -0.326 e. The third-order valence-corrected chi connectivity index (χ3v) is 6.15. The summed E-state index contributed by atoms with van der Waals surface area (Å²) in [6.07, 6.45) is 4.19. The first-order valence-electron chi connectivity index (χ1n) is 9.77. The van der Waals surface area contributed by atoms with E-state index >= 15 is 0 Å². The van der Waals surface area contributed by atoms with E-state index in [1.165, 1.54) is 0 Å². The van der Waals surface area contributed by atoms with Crippen molar-refractivity contribution in [2.45, 2.75) is 13.3 Å². The lowest BCUT2D eigenvalue weighted by molar-refractivity contribution is -0.122. The van der Waals surface area contributed by atoms with Gasteiger partial charge in [-0.3, -0.25) is 14.0 Å². The predicted molar refractivity (Wildman–Crippen MR) is 119 cm³/mol. The molecule has 0 saturated carbocycles. The number of carbonyl (C=O) groups is 2. The largest absolute Gasteiger partial charge is 0.326 e. The highest BCUT2D eigenvalue weighted by Gasteiger charge is 2.35. The molecule has 2 aromatic carbocycles. The number of hydrogen-bond acceptors (Lipinski definition) is 4. The lowest BCUT2D eigenvalue weighted by Gasteiger charge is -2.17. The molecular formula is C23H20N4O2S. The Morgan fingerprint density at radius 1 is 1.13 bits per heavy atom. The van der Waals surface area contributed by atoms with Crippen LogP contribution >= 0.6 is 11.3 Å². The smallest absolute Gasteiger partial charge is 0.229 e. The zero-order chi connectivity index (χ0) is 20.7. The van der Waals surface area contributed by atoms with E-state index in [9.17, 15) is 9.59 Å². The average Bonchev–Trinajstić information content (AvgIpc) is 3.44. The Balaban J connectivity index is 1.25. The summed E-state index contributed by atoms with van der Waals surface area (Å²) in [5.41, 5.74) is 4.58. The molecular weight excluding hydrogens is 396 g/mol. The second-order valence-electron chi connectivity index (χ2n) is 7.53. The summed E-state index contributed by atoms with van der Waals surface area (Å²) in [4.78, 5) is 32.4. The lowest BCUT2D eigenvalue weighted by atomic mass is 10.1. The Kier molecular flexibility index (Phi) is 4.59. The number of fused-ring (bicyclic) bond motifs is 1. The number of aromatic nitrogens is 2. The van der Waals surface area contributed by atoms with Crippen LogP contribution < -0.4 is 10.2 Å². The van der Waals surface area contributed by atoms with Crippen molar-refractivity contribution < 1.29 is 9.59 Å². The minimum atomic E-state index is -0.363. The van der Waals surface area contributed by atoms with E-state index in [1.54, 1.807) is 16.2 Å². The molecule has 2 amide bonds. The number of amides is 2. The molecule has 0 radical (unpaired) electrons. The Hall–Kier alpha value is -3.45. The van der Waals surface area contributed by atoms with E-state index in [0.29, 0.717) is 12.2 Å². The molecule has 0 aliphatic carbocycles. The van der Waals surface area contributed by atoms with Crippen molar-refractivity contribution in [3.05, 3.63) is 71.9 Å². The molecule has 0 bridgehead atoms. The molecule has 2 aromatic heterocycles. The number of nitrogens with zero attached hydrogens (tertiary/aromatic N) is 3. The van der Waals surface area contributed by atoms with Crippen molar-refractivity contribution in [2.24, 2.45) is 5.92 Å². The first kappa shape index (κ1) is 18.6. The molecule has 7 heteroatoms. The summed E-state index contributed by atoms with van der Waals surface area (Å²) in [5, 5.41) is 4.94. The molecule has 1 fully saturated rings.